The lowest BCUT2D eigenvalue weighted by Gasteiger charge is -2.28. The molecule has 2 aromatic carbocycles. The van der Waals surface area contributed by atoms with Crippen LogP contribution in [0.5, 0.6) is 0 Å². The molecule has 1 atom stereocenters. The van der Waals surface area contributed by atoms with Crippen LogP contribution in [0.4, 0.5) is 4.39 Å². The summed E-state index contributed by atoms with van der Waals surface area (Å²) in [6, 6.07) is 15.4. The molecule has 4 heteroatoms. The number of benzene rings is 2. The van der Waals surface area contributed by atoms with Crippen molar-refractivity contribution in [3.8, 4) is 0 Å². The maximum Gasteiger partial charge on any atom is 0.309 e. The first kappa shape index (κ1) is 18.9. The van der Waals surface area contributed by atoms with Crippen molar-refractivity contribution in [1.82, 2.24) is 0 Å². The summed E-state index contributed by atoms with van der Waals surface area (Å²) in [7, 11) is 0. The molecule has 0 aliphatic rings. The lowest BCUT2D eigenvalue weighted by molar-refractivity contribution is -0.150. The van der Waals surface area contributed by atoms with Crippen molar-refractivity contribution in [3.63, 3.8) is 0 Å². The van der Waals surface area contributed by atoms with Crippen LogP contribution < -0.4 is 0 Å². The summed E-state index contributed by atoms with van der Waals surface area (Å²) in [4.78, 5) is 12.1. The minimum atomic E-state index is -1.36. The molecule has 0 saturated heterocycles. The number of rotatable bonds is 7. The lowest BCUT2D eigenvalue weighted by Crippen LogP contribution is -2.35. The number of aliphatic hydroxyl groups is 1. The topological polar surface area (TPSA) is 46.5 Å². The van der Waals surface area contributed by atoms with Gasteiger partial charge in [-0.25, -0.2) is 4.39 Å². The van der Waals surface area contributed by atoms with Crippen LogP contribution in [0.25, 0.3) is 6.08 Å². The Labute approximate surface area is 147 Å². The molecule has 0 saturated carbocycles. The Balaban J connectivity index is 2.01. The molecule has 132 valence electrons. The third-order valence-electron chi connectivity index (χ3n) is 4.08. The highest BCUT2D eigenvalue weighted by molar-refractivity contribution is 5.71. The fraction of sp³-hybridized carbons (Fsp3) is 0.286. The fourth-order valence-electron chi connectivity index (χ4n) is 2.33. The Morgan fingerprint density at radius 3 is 2.56 bits per heavy atom. The van der Waals surface area contributed by atoms with E-state index in [-0.39, 0.29) is 24.8 Å². The average molecular weight is 342 g/mol. The van der Waals surface area contributed by atoms with E-state index >= 15 is 0 Å². The monoisotopic (exact) mass is 342 g/mol. The maximum absolute atomic E-state index is 13.2. The van der Waals surface area contributed by atoms with Crippen LogP contribution in [0.3, 0.4) is 0 Å². The summed E-state index contributed by atoms with van der Waals surface area (Å²) in [5.74, 6) is -1.04. The smallest absolute Gasteiger partial charge is 0.309 e. The van der Waals surface area contributed by atoms with Crippen LogP contribution in [-0.2, 0) is 16.1 Å². The molecule has 25 heavy (non-hydrogen) atoms. The summed E-state index contributed by atoms with van der Waals surface area (Å²) in [5, 5.41) is 10.8. The van der Waals surface area contributed by atoms with E-state index < -0.39 is 11.6 Å². The Morgan fingerprint density at radius 1 is 1.20 bits per heavy atom. The molecular weight excluding hydrogens is 319 g/mol. The van der Waals surface area contributed by atoms with E-state index in [2.05, 4.69) is 0 Å². The minimum Gasteiger partial charge on any atom is -0.461 e. The van der Waals surface area contributed by atoms with Crippen LogP contribution in [0.2, 0.25) is 0 Å². The van der Waals surface area contributed by atoms with Crippen molar-refractivity contribution < 1.29 is 19.0 Å². The molecule has 2 rings (SSSR count). The highest BCUT2D eigenvalue weighted by atomic mass is 19.1. The number of carbonyl (C=O) groups excluding carboxylic acids is 1. The summed E-state index contributed by atoms with van der Waals surface area (Å²) in [5.41, 5.74) is 0.149. The molecule has 1 unspecified atom stereocenters. The van der Waals surface area contributed by atoms with Crippen molar-refractivity contribution in [2.24, 2.45) is 5.92 Å². The van der Waals surface area contributed by atoms with E-state index in [9.17, 15) is 14.3 Å². The SMILES string of the molecule is CC(C)C(O)(C=Cc1cccc(F)c1)CC(=O)OCc1ccccc1. The van der Waals surface area contributed by atoms with Crippen molar-refractivity contribution in [3.05, 3.63) is 77.6 Å². The van der Waals surface area contributed by atoms with E-state index in [1.54, 1.807) is 18.2 Å². The second kappa shape index (κ2) is 8.58. The van der Waals surface area contributed by atoms with E-state index in [1.165, 1.54) is 18.2 Å². The van der Waals surface area contributed by atoms with Crippen molar-refractivity contribution >= 4 is 12.0 Å². The normalized spacial score (nSPS) is 13.8. The molecule has 0 aliphatic heterocycles. The van der Waals surface area contributed by atoms with Gasteiger partial charge < -0.3 is 9.84 Å². The zero-order valence-corrected chi connectivity index (χ0v) is 14.5. The first-order chi connectivity index (χ1) is 11.9. The molecule has 0 spiro atoms. The standard InChI is InChI=1S/C21H23FO3/c1-16(2)21(24,12-11-17-9-6-10-19(22)13-17)14-20(23)25-15-18-7-4-3-5-8-18/h3-13,16,24H,14-15H2,1-2H3. The van der Waals surface area contributed by atoms with Gasteiger partial charge in [0.05, 0.1) is 12.0 Å². The summed E-state index contributed by atoms with van der Waals surface area (Å²) in [6.07, 6.45) is 2.99. The van der Waals surface area contributed by atoms with Crippen LogP contribution in [0.1, 0.15) is 31.4 Å². The van der Waals surface area contributed by atoms with Crippen LogP contribution in [0.15, 0.2) is 60.7 Å². The van der Waals surface area contributed by atoms with Gasteiger partial charge in [-0.3, -0.25) is 4.79 Å². The zero-order chi connectivity index (χ0) is 18.3. The predicted molar refractivity (Wildman–Crippen MR) is 96.1 cm³/mol. The molecule has 3 nitrogen and oxygen atoms in total. The number of halogens is 1. The highest BCUT2D eigenvalue weighted by Crippen LogP contribution is 2.25. The molecule has 0 bridgehead atoms. The summed E-state index contributed by atoms with van der Waals surface area (Å²) < 4.78 is 18.5. The molecule has 2 aromatic rings. The third kappa shape index (κ3) is 5.84. The van der Waals surface area contributed by atoms with Crippen molar-refractivity contribution in [2.45, 2.75) is 32.5 Å². The van der Waals surface area contributed by atoms with Gasteiger partial charge in [-0.2, -0.15) is 0 Å². The number of hydrogen-bond donors (Lipinski definition) is 1. The highest BCUT2D eigenvalue weighted by Gasteiger charge is 2.31. The molecule has 0 aromatic heterocycles. The van der Waals surface area contributed by atoms with Gasteiger partial charge in [0.25, 0.3) is 0 Å². The first-order valence-electron chi connectivity index (χ1n) is 8.26. The van der Waals surface area contributed by atoms with E-state index in [1.807, 2.05) is 44.2 Å². The molecule has 0 heterocycles. The lowest BCUT2D eigenvalue weighted by atomic mass is 9.86. The Hall–Kier alpha value is -2.46. The van der Waals surface area contributed by atoms with Crippen LogP contribution >= 0.6 is 0 Å². The fourth-order valence-corrected chi connectivity index (χ4v) is 2.33. The van der Waals surface area contributed by atoms with Crippen LogP contribution in [0, 0.1) is 11.7 Å². The minimum absolute atomic E-state index is 0.163. The van der Waals surface area contributed by atoms with Gasteiger partial charge >= 0.3 is 5.97 Å². The Morgan fingerprint density at radius 2 is 1.92 bits per heavy atom. The van der Waals surface area contributed by atoms with Gasteiger partial charge in [0, 0.05) is 0 Å². The van der Waals surface area contributed by atoms with E-state index in [4.69, 9.17) is 4.74 Å². The van der Waals surface area contributed by atoms with Crippen LogP contribution in [-0.4, -0.2) is 16.7 Å². The number of hydrogen-bond acceptors (Lipinski definition) is 3. The van der Waals surface area contributed by atoms with E-state index in [0.717, 1.165) is 5.56 Å². The van der Waals surface area contributed by atoms with Crippen molar-refractivity contribution in [1.29, 1.82) is 0 Å². The van der Waals surface area contributed by atoms with Gasteiger partial charge in [-0.1, -0.05) is 68.5 Å². The second-order valence-corrected chi connectivity index (χ2v) is 6.36. The van der Waals surface area contributed by atoms with Gasteiger partial charge in [-0.15, -0.1) is 0 Å². The van der Waals surface area contributed by atoms with E-state index in [0.29, 0.717) is 5.56 Å². The number of ether oxygens (including phenoxy) is 1. The number of esters is 1. The molecular formula is C21H23FO3. The van der Waals surface area contributed by atoms with Crippen molar-refractivity contribution in [2.75, 3.05) is 0 Å². The number of carbonyl (C=O) groups is 1. The van der Waals surface area contributed by atoms with Gasteiger partial charge in [0.2, 0.25) is 0 Å². The van der Waals surface area contributed by atoms with Gasteiger partial charge in [0.1, 0.15) is 12.4 Å². The molecule has 0 aliphatic carbocycles. The van der Waals surface area contributed by atoms with Gasteiger partial charge in [0.15, 0.2) is 0 Å². The average Bonchev–Trinajstić information content (AvgIpc) is 2.59. The summed E-state index contributed by atoms with van der Waals surface area (Å²) in [6.45, 7) is 3.81. The third-order valence-corrected chi connectivity index (χ3v) is 4.08. The largest absolute Gasteiger partial charge is 0.461 e. The zero-order valence-electron chi connectivity index (χ0n) is 14.5. The molecule has 0 radical (unpaired) electrons. The summed E-state index contributed by atoms with van der Waals surface area (Å²) >= 11 is 0. The molecule has 0 fully saturated rings. The quantitative estimate of drug-likeness (QED) is 0.761. The second-order valence-electron chi connectivity index (χ2n) is 6.36. The molecule has 1 N–H and O–H groups in total. The Kier molecular flexibility index (Phi) is 6.48. The predicted octanol–water partition coefficient (Wildman–Crippen LogP) is 4.36. The first-order valence-corrected chi connectivity index (χ1v) is 8.26. The molecule has 0 amide bonds. The maximum atomic E-state index is 13.2. The van der Waals surface area contributed by atoms with Gasteiger partial charge in [-0.05, 0) is 29.2 Å². The Bertz CT molecular complexity index is 725.